The summed E-state index contributed by atoms with van der Waals surface area (Å²) in [6, 6.07) is 1.91. The van der Waals surface area contributed by atoms with Gasteiger partial charge in [0.1, 0.15) is 0 Å². The van der Waals surface area contributed by atoms with Gasteiger partial charge in [-0.05, 0) is 24.3 Å². The van der Waals surface area contributed by atoms with Gasteiger partial charge in [-0.3, -0.25) is 4.79 Å². The summed E-state index contributed by atoms with van der Waals surface area (Å²) in [5.74, 6) is 0.0876. The Morgan fingerprint density at radius 1 is 1.64 bits per heavy atom. The Kier molecular flexibility index (Phi) is 2.56. The minimum Gasteiger partial charge on any atom is -0.329 e. The van der Waals surface area contributed by atoms with E-state index in [0.717, 1.165) is 24.9 Å². The molecule has 3 nitrogen and oxygen atoms in total. The fraction of sp³-hybridized carbons (Fsp3) is 0.500. The molecule has 0 radical (unpaired) electrons. The second-order valence-corrected chi connectivity index (χ2v) is 4.58. The van der Waals surface area contributed by atoms with Crippen LogP contribution in [0.25, 0.3) is 0 Å². The quantitative estimate of drug-likeness (QED) is 0.799. The van der Waals surface area contributed by atoms with E-state index in [9.17, 15) is 4.79 Å². The van der Waals surface area contributed by atoms with Gasteiger partial charge in [-0.25, -0.2) is 0 Å². The van der Waals surface area contributed by atoms with Gasteiger partial charge in [-0.2, -0.15) is 11.3 Å². The van der Waals surface area contributed by atoms with Gasteiger partial charge in [0.05, 0.1) is 11.1 Å². The van der Waals surface area contributed by atoms with Crippen LogP contribution in [-0.2, 0) is 4.79 Å². The molecule has 0 atom stereocenters. The van der Waals surface area contributed by atoms with E-state index in [1.165, 1.54) is 0 Å². The second-order valence-electron chi connectivity index (χ2n) is 3.80. The topological polar surface area (TPSA) is 55.1 Å². The Labute approximate surface area is 87.3 Å². The molecule has 0 spiro atoms. The smallest absolute Gasteiger partial charge is 0.231 e. The molecule has 4 heteroatoms. The first-order chi connectivity index (χ1) is 6.77. The van der Waals surface area contributed by atoms with E-state index < -0.39 is 0 Å². The third kappa shape index (κ3) is 1.55. The van der Waals surface area contributed by atoms with Crippen molar-refractivity contribution in [2.24, 2.45) is 11.1 Å². The highest BCUT2D eigenvalue weighted by Gasteiger charge is 2.42. The van der Waals surface area contributed by atoms with Crippen molar-refractivity contribution in [3.05, 3.63) is 16.8 Å². The molecule has 1 aromatic rings. The number of amides is 1. The van der Waals surface area contributed by atoms with Gasteiger partial charge in [0.25, 0.3) is 0 Å². The lowest BCUT2D eigenvalue weighted by Gasteiger charge is -2.38. The van der Waals surface area contributed by atoms with E-state index in [1.807, 2.05) is 16.8 Å². The zero-order valence-corrected chi connectivity index (χ0v) is 8.77. The van der Waals surface area contributed by atoms with Crippen molar-refractivity contribution >= 4 is 22.9 Å². The molecule has 1 saturated carbocycles. The third-order valence-corrected chi connectivity index (χ3v) is 3.65. The van der Waals surface area contributed by atoms with Crippen LogP contribution in [0, 0.1) is 5.41 Å². The standard InChI is InChI=1S/C10H14N2OS/c11-7-10(3-1-4-10)9(13)12-8-2-5-14-6-8/h2,5-6H,1,3-4,7,11H2,(H,12,13). The molecule has 0 aromatic carbocycles. The number of rotatable bonds is 3. The van der Waals surface area contributed by atoms with Crippen LogP contribution in [0.4, 0.5) is 5.69 Å². The van der Waals surface area contributed by atoms with Crippen molar-refractivity contribution in [1.82, 2.24) is 0 Å². The molecule has 76 valence electrons. The van der Waals surface area contributed by atoms with Gasteiger partial charge in [0.15, 0.2) is 0 Å². The molecule has 0 saturated heterocycles. The summed E-state index contributed by atoms with van der Waals surface area (Å²) in [7, 11) is 0. The van der Waals surface area contributed by atoms with E-state index >= 15 is 0 Å². The van der Waals surface area contributed by atoms with E-state index in [1.54, 1.807) is 11.3 Å². The first kappa shape index (κ1) is 9.68. The van der Waals surface area contributed by atoms with Crippen molar-refractivity contribution in [3.8, 4) is 0 Å². The van der Waals surface area contributed by atoms with Gasteiger partial charge in [0.2, 0.25) is 5.91 Å². The van der Waals surface area contributed by atoms with Crippen molar-refractivity contribution < 1.29 is 4.79 Å². The summed E-state index contributed by atoms with van der Waals surface area (Å²) in [5.41, 5.74) is 6.25. The molecule has 1 aliphatic rings. The number of carbonyl (C=O) groups is 1. The predicted molar refractivity (Wildman–Crippen MR) is 58.3 cm³/mol. The minimum absolute atomic E-state index is 0.0876. The molecule has 1 heterocycles. The van der Waals surface area contributed by atoms with Crippen molar-refractivity contribution in [2.45, 2.75) is 19.3 Å². The van der Waals surface area contributed by atoms with E-state index in [0.29, 0.717) is 6.54 Å². The summed E-state index contributed by atoms with van der Waals surface area (Å²) in [6.07, 6.45) is 2.98. The fourth-order valence-electron chi connectivity index (χ4n) is 1.73. The van der Waals surface area contributed by atoms with Crippen LogP contribution < -0.4 is 11.1 Å². The second kappa shape index (κ2) is 3.71. The maximum atomic E-state index is 11.9. The molecular formula is C10H14N2OS. The predicted octanol–water partition coefficient (Wildman–Crippen LogP) is 1.82. The number of nitrogens with one attached hydrogen (secondary N) is 1. The lowest BCUT2D eigenvalue weighted by Crippen LogP contribution is -2.47. The Hall–Kier alpha value is -0.870. The summed E-state index contributed by atoms with van der Waals surface area (Å²) >= 11 is 1.58. The molecule has 2 rings (SSSR count). The summed E-state index contributed by atoms with van der Waals surface area (Å²) < 4.78 is 0. The first-order valence-corrected chi connectivity index (χ1v) is 5.75. The van der Waals surface area contributed by atoms with E-state index in [-0.39, 0.29) is 11.3 Å². The Balaban J connectivity index is 2.01. The van der Waals surface area contributed by atoms with Gasteiger partial charge >= 0.3 is 0 Å². The highest BCUT2D eigenvalue weighted by atomic mass is 32.1. The highest BCUT2D eigenvalue weighted by Crippen LogP contribution is 2.40. The van der Waals surface area contributed by atoms with Crippen LogP contribution in [0.5, 0.6) is 0 Å². The van der Waals surface area contributed by atoms with Crippen LogP contribution in [0.1, 0.15) is 19.3 Å². The van der Waals surface area contributed by atoms with Gasteiger partial charge in [0, 0.05) is 11.9 Å². The van der Waals surface area contributed by atoms with Gasteiger partial charge in [-0.1, -0.05) is 6.42 Å². The Morgan fingerprint density at radius 3 is 2.86 bits per heavy atom. The molecule has 1 aliphatic carbocycles. The lowest BCUT2D eigenvalue weighted by molar-refractivity contribution is -0.129. The van der Waals surface area contributed by atoms with Crippen molar-refractivity contribution in [2.75, 3.05) is 11.9 Å². The number of anilines is 1. The maximum Gasteiger partial charge on any atom is 0.231 e. The summed E-state index contributed by atoms with van der Waals surface area (Å²) in [5, 5.41) is 6.79. The largest absolute Gasteiger partial charge is 0.329 e. The number of nitrogens with two attached hydrogens (primary N) is 1. The normalized spacial score (nSPS) is 18.6. The molecule has 1 aromatic heterocycles. The third-order valence-electron chi connectivity index (χ3n) is 2.96. The molecule has 0 aliphatic heterocycles. The van der Waals surface area contributed by atoms with Crippen molar-refractivity contribution in [1.29, 1.82) is 0 Å². The average molecular weight is 210 g/mol. The summed E-state index contributed by atoms with van der Waals surface area (Å²) in [6.45, 7) is 0.461. The van der Waals surface area contributed by atoms with Crippen LogP contribution in [-0.4, -0.2) is 12.5 Å². The summed E-state index contributed by atoms with van der Waals surface area (Å²) in [4.78, 5) is 11.9. The van der Waals surface area contributed by atoms with Gasteiger partial charge < -0.3 is 11.1 Å². The molecule has 14 heavy (non-hydrogen) atoms. The number of hydrogen-bond acceptors (Lipinski definition) is 3. The van der Waals surface area contributed by atoms with Crippen molar-refractivity contribution in [3.63, 3.8) is 0 Å². The molecule has 0 unspecified atom stereocenters. The Bertz CT molecular complexity index is 311. The van der Waals surface area contributed by atoms with Gasteiger partial charge in [-0.15, -0.1) is 0 Å². The molecule has 1 fully saturated rings. The van der Waals surface area contributed by atoms with E-state index in [2.05, 4.69) is 5.32 Å². The zero-order valence-electron chi connectivity index (χ0n) is 7.95. The number of carbonyl (C=O) groups excluding carboxylic acids is 1. The Morgan fingerprint density at radius 2 is 2.43 bits per heavy atom. The van der Waals surface area contributed by atoms with Crippen LogP contribution in [0.2, 0.25) is 0 Å². The molecule has 1 amide bonds. The van der Waals surface area contributed by atoms with E-state index in [4.69, 9.17) is 5.73 Å². The highest BCUT2D eigenvalue weighted by molar-refractivity contribution is 7.08. The number of thiophene rings is 1. The zero-order chi connectivity index (χ0) is 10.0. The van der Waals surface area contributed by atoms with Crippen LogP contribution >= 0.6 is 11.3 Å². The van der Waals surface area contributed by atoms with Crippen LogP contribution in [0.15, 0.2) is 16.8 Å². The molecule has 3 N–H and O–H groups in total. The average Bonchev–Trinajstić information content (AvgIpc) is 2.55. The first-order valence-electron chi connectivity index (χ1n) is 4.81. The SMILES string of the molecule is NCC1(C(=O)Nc2ccsc2)CCC1. The monoisotopic (exact) mass is 210 g/mol. The number of hydrogen-bond donors (Lipinski definition) is 2. The lowest BCUT2D eigenvalue weighted by atomic mass is 9.68. The molecule has 0 bridgehead atoms. The fourth-order valence-corrected chi connectivity index (χ4v) is 2.31. The van der Waals surface area contributed by atoms with Crippen LogP contribution in [0.3, 0.4) is 0 Å². The minimum atomic E-state index is -0.276. The maximum absolute atomic E-state index is 11.9. The molecular weight excluding hydrogens is 196 g/mol.